The second-order valence-corrected chi connectivity index (χ2v) is 8.41. The summed E-state index contributed by atoms with van der Waals surface area (Å²) in [7, 11) is 0. The van der Waals surface area contributed by atoms with Crippen molar-refractivity contribution in [3.8, 4) is 5.69 Å². The van der Waals surface area contributed by atoms with E-state index in [-0.39, 0.29) is 22.8 Å². The van der Waals surface area contributed by atoms with E-state index < -0.39 is 5.97 Å². The highest BCUT2D eigenvalue weighted by Gasteiger charge is 2.32. The van der Waals surface area contributed by atoms with Crippen LogP contribution in [0.3, 0.4) is 0 Å². The Morgan fingerprint density at radius 1 is 1.03 bits per heavy atom. The van der Waals surface area contributed by atoms with Gasteiger partial charge in [0, 0.05) is 24.0 Å². The Bertz CT molecular complexity index is 1060. The number of carbonyl (C=O) groups excluding carboxylic acids is 1. The summed E-state index contributed by atoms with van der Waals surface area (Å²) >= 11 is 1.42. The molecular formula is C21H21N5O3S. The topological polar surface area (TPSA) is 101 Å². The molecule has 2 atom stereocenters. The average molecular weight is 423 g/mol. The third kappa shape index (κ3) is 4.06. The van der Waals surface area contributed by atoms with Crippen molar-refractivity contribution in [2.24, 2.45) is 0 Å². The van der Waals surface area contributed by atoms with E-state index in [1.54, 1.807) is 36.8 Å². The lowest BCUT2D eigenvalue weighted by Gasteiger charge is -2.38. The number of benzene rings is 1. The first-order valence-corrected chi connectivity index (χ1v) is 10.5. The average Bonchev–Trinajstić information content (AvgIpc) is 3.30. The summed E-state index contributed by atoms with van der Waals surface area (Å²) < 4.78 is 0. The van der Waals surface area contributed by atoms with Gasteiger partial charge in [0.05, 0.1) is 29.2 Å². The van der Waals surface area contributed by atoms with Crippen LogP contribution < -0.4 is 0 Å². The first-order valence-electron chi connectivity index (χ1n) is 9.66. The van der Waals surface area contributed by atoms with E-state index in [9.17, 15) is 14.7 Å². The number of pyridine rings is 1. The van der Waals surface area contributed by atoms with Gasteiger partial charge in [0.2, 0.25) is 0 Å². The maximum Gasteiger partial charge on any atom is 0.338 e. The fraction of sp³-hybridized carbons (Fsp3) is 0.286. The number of hydrogen-bond acceptors (Lipinski definition) is 6. The second kappa shape index (κ2) is 8.66. The predicted molar refractivity (Wildman–Crippen MR) is 112 cm³/mol. The number of para-hydroxylation sites is 1. The van der Waals surface area contributed by atoms with Crippen LogP contribution in [-0.4, -0.2) is 59.7 Å². The number of carbonyl (C=O) groups is 2. The predicted octanol–water partition coefficient (Wildman–Crippen LogP) is 3.15. The van der Waals surface area contributed by atoms with Gasteiger partial charge < -0.3 is 10.0 Å². The van der Waals surface area contributed by atoms with E-state index in [0.29, 0.717) is 22.8 Å². The molecule has 0 radical (unpaired) electrons. The molecule has 3 heterocycles. The molecule has 1 amide bonds. The van der Waals surface area contributed by atoms with Gasteiger partial charge in [-0.3, -0.25) is 4.79 Å². The molecule has 2 aromatic heterocycles. The standard InChI is InChI=1S/C21H21N5O3S/c1-14-8-9-15(30-19-17(21(28)29)6-4-10-22-19)13-25(14)20(27)16-5-2-3-7-18(16)26-23-11-12-24-26/h2-7,10-12,14-15H,8-9,13H2,1H3,(H,28,29). The number of piperidine rings is 1. The largest absolute Gasteiger partial charge is 0.478 e. The van der Waals surface area contributed by atoms with Crippen LogP contribution in [0, 0.1) is 0 Å². The van der Waals surface area contributed by atoms with Gasteiger partial charge in [0.15, 0.2) is 0 Å². The Hall–Kier alpha value is -3.20. The summed E-state index contributed by atoms with van der Waals surface area (Å²) in [5, 5.41) is 18.3. The SMILES string of the molecule is CC1CCC(Sc2ncccc2C(=O)O)CN1C(=O)c1ccccc1-n1nccn1. The summed E-state index contributed by atoms with van der Waals surface area (Å²) in [4.78, 5) is 32.5. The monoisotopic (exact) mass is 423 g/mol. The number of likely N-dealkylation sites (tertiary alicyclic amines) is 1. The number of hydrogen-bond donors (Lipinski definition) is 1. The minimum Gasteiger partial charge on any atom is -0.478 e. The van der Waals surface area contributed by atoms with Crippen molar-refractivity contribution >= 4 is 23.6 Å². The van der Waals surface area contributed by atoms with Crippen LogP contribution in [-0.2, 0) is 0 Å². The van der Waals surface area contributed by atoms with Crippen LogP contribution in [0.5, 0.6) is 0 Å². The van der Waals surface area contributed by atoms with Crippen molar-refractivity contribution in [1.29, 1.82) is 0 Å². The molecule has 0 spiro atoms. The molecule has 0 saturated carbocycles. The molecule has 1 saturated heterocycles. The highest BCUT2D eigenvalue weighted by Crippen LogP contribution is 2.33. The Morgan fingerprint density at radius 2 is 1.77 bits per heavy atom. The van der Waals surface area contributed by atoms with Crippen LogP contribution in [0.1, 0.15) is 40.5 Å². The van der Waals surface area contributed by atoms with Gasteiger partial charge >= 0.3 is 5.97 Å². The molecule has 2 unspecified atom stereocenters. The van der Waals surface area contributed by atoms with Crippen molar-refractivity contribution < 1.29 is 14.7 Å². The Morgan fingerprint density at radius 3 is 2.53 bits per heavy atom. The zero-order valence-electron chi connectivity index (χ0n) is 16.4. The van der Waals surface area contributed by atoms with E-state index in [1.165, 1.54) is 16.6 Å². The Labute approximate surface area is 177 Å². The van der Waals surface area contributed by atoms with Crippen LogP contribution in [0.25, 0.3) is 5.69 Å². The molecule has 1 fully saturated rings. The Balaban J connectivity index is 1.57. The zero-order chi connectivity index (χ0) is 21.1. The molecule has 1 aliphatic rings. The van der Waals surface area contributed by atoms with Gasteiger partial charge in [-0.15, -0.1) is 11.8 Å². The first-order chi connectivity index (χ1) is 14.5. The van der Waals surface area contributed by atoms with Crippen LogP contribution in [0.2, 0.25) is 0 Å². The fourth-order valence-electron chi connectivity index (χ4n) is 3.58. The lowest BCUT2D eigenvalue weighted by molar-refractivity contribution is 0.0639. The van der Waals surface area contributed by atoms with E-state index in [0.717, 1.165) is 12.8 Å². The van der Waals surface area contributed by atoms with Crippen LogP contribution >= 0.6 is 11.8 Å². The molecule has 9 heteroatoms. The number of thioether (sulfide) groups is 1. The number of aromatic nitrogens is 4. The summed E-state index contributed by atoms with van der Waals surface area (Å²) in [5.74, 6) is -1.08. The molecular weight excluding hydrogens is 402 g/mol. The number of carboxylic acid groups (broad SMARTS) is 1. The van der Waals surface area contributed by atoms with Crippen molar-refractivity contribution in [2.45, 2.75) is 36.1 Å². The third-order valence-electron chi connectivity index (χ3n) is 5.15. The van der Waals surface area contributed by atoms with Gasteiger partial charge in [-0.05, 0) is 44.0 Å². The van der Waals surface area contributed by atoms with Gasteiger partial charge in [-0.25, -0.2) is 9.78 Å². The zero-order valence-corrected chi connectivity index (χ0v) is 17.2. The lowest BCUT2D eigenvalue weighted by Crippen LogP contribution is -2.46. The maximum absolute atomic E-state index is 13.4. The number of carboxylic acids is 1. The summed E-state index contributed by atoms with van der Waals surface area (Å²) in [6.07, 6.45) is 6.46. The molecule has 0 aliphatic carbocycles. The molecule has 4 rings (SSSR count). The normalized spacial score (nSPS) is 18.9. The summed E-state index contributed by atoms with van der Waals surface area (Å²) in [6, 6.07) is 10.5. The molecule has 1 N–H and O–H groups in total. The second-order valence-electron chi connectivity index (χ2n) is 7.12. The number of rotatable bonds is 5. The van der Waals surface area contributed by atoms with Crippen molar-refractivity contribution in [2.75, 3.05) is 6.54 Å². The summed E-state index contributed by atoms with van der Waals surface area (Å²) in [5.41, 5.74) is 1.36. The van der Waals surface area contributed by atoms with Crippen molar-refractivity contribution in [1.82, 2.24) is 24.9 Å². The van der Waals surface area contributed by atoms with E-state index in [4.69, 9.17) is 0 Å². The molecule has 1 aliphatic heterocycles. The molecule has 3 aromatic rings. The minimum atomic E-state index is -0.997. The van der Waals surface area contributed by atoms with Crippen LogP contribution in [0.4, 0.5) is 0 Å². The summed E-state index contributed by atoms with van der Waals surface area (Å²) in [6.45, 7) is 2.55. The van der Waals surface area contributed by atoms with Gasteiger partial charge in [0.25, 0.3) is 5.91 Å². The quantitative estimate of drug-likeness (QED) is 0.673. The van der Waals surface area contributed by atoms with Crippen LogP contribution in [0.15, 0.2) is 60.0 Å². The molecule has 30 heavy (non-hydrogen) atoms. The van der Waals surface area contributed by atoms with E-state index in [2.05, 4.69) is 15.2 Å². The molecule has 154 valence electrons. The first kappa shape index (κ1) is 20.1. The smallest absolute Gasteiger partial charge is 0.338 e. The van der Waals surface area contributed by atoms with Crippen molar-refractivity contribution in [3.05, 3.63) is 66.1 Å². The number of nitrogens with zero attached hydrogens (tertiary/aromatic N) is 5. The highest BCUT2D eigenvalue weighted by atomic mass is 32.2. The van der Waals surface area contributed by atoms with E-state index >= 15 is 0 Å². The maximum atomic E-state index is 13.4. The highest BCUT2D eigenvalue weighted by molar-refractivity contribution is 8.00. The molecule has 8 nitrogen and oxygen atoms in total. The fourth-order valence-corrected chi connectivity index (χ4v) is 4.79. The molecule has 0 bridgehead atoms. The van der Waals surface area contributed by atoms with Gasteiger partial charge in [0.1, 0.15) is 5.03 Å². The number of amides is 1. The van der Waals surface area contributed by atoms with Gasteiger partial charge in [-0.2, -0.15) is 15.0 Å². The van der Waals surface area contributed by atoms with Gasteiger partial charge in [-0.1, -0.05) is 12.1 Å². The van der Waals surface area contributed by atoms with E-state index in [1.807, 2.05) is 30.0 Å². The Kier molecular flexibility index (Phi) is 5.80. The lowest BCUT2D eigenvalue weighted by atomic mass is 10.0. The third-order valence-corrected chi connectivity index (χ3v) is 6.41. The number of aromatic carboxylic acids is 1. The van der Waals surface area contributed by atoms with Crippen molar-refractivity contribution in [3.63, 3.8) is 0 Å². The molecule has 1 aromatic carbocycles. The minimum absolute atomic E-state index is 0.0631.